The third-order valence-corrected chi connectivity index (χ3v) is 2.74. The number of Topliss-reactive ketones (excluding diaryl/α,β-unsaturated/α-hetero) is 1. The van der Waals surface area contributed by atoms with Gasteiger partial charge in [0.15, 0.2) is 11.6 Å². The summed E-state index contributed by atoms with van der Waals surface area (Å²) in [6.07, 6.45) is 3.57. The normalized spacial score (nSPS) is 14.1. The fraction of sp³-hybridized carbons (Fsp3) is 0.0625. The van der Waals surface area contributed by atoms with Crippen LogP contribution in [0.15, 0.2) is 66.5 Å². The van der Waals surface area contributed by atoms with Crippen LogP contribution in [-0.4, -0.2) is 17.5 Å². The highest BCUT2D eigenvalue weighted by atomic mass is 16.5. The van der Waals surface area contributed by atoms with Crippen LogP contribution in [0.25, 0.3) is 0 Å². The van der Waals surface area contributed by atoms with E-state index in [1.54, 1.807) is 30.3 Å². The summed E-state index contributed by atoms with van der Waals surface area (Å²) in [5.41, 5.74) is 0.680. The molecule has 0 saturated carbocycles. The summed E-state index contributed by atoms with van der Waals surface area (Å²) in [6, 6.07) is 8.59. The molecule has 0 aromatic heterocycles. The van der Waals surface area contributed by atoms with Gasteiger partial charge in [0.1, 0.15) is 5.76 Å². The number of rotatable bonds is 4. The van der Waals surface area contributed by atoms with Crippen molar-refractivity contribution in [3.05, 3.63) is 72.0 Å². The maximum absolute atomic E-state index is 12.3. The summed E-state index contributed by atoms with van der Waals surface area (Å²) in [7, 11) is 0. The van der Waals surface area contributed by atoms with Crippen molar-refractivity contribution in [3.63, 3.8) is 0 Å². The molecule has 0 unspecified atom stereocenters. The van der Waals surface area contributed by atoms with Crippen LogP contribution in [-0.2, 0) is 14.3 Å². The van der Waals surface area contributed by atoms with Crippen LogP contribution in [0.4, 0.5) is 0 Å². The molecular formula is C16H12O4. The Morgan fingerprint density at radius 2 is 1.85 bits per heavy atom. The molecule has 0 fully saturated rings. The minimum absolute atomic E-state index is 0.0660. The Kier molecular flexibility index (Phi) is 4.05. The average molecular weight is 268 g/mol. The number of benzene rings is 1. The van der Waals surface area contributed by atoms with E-state index in [9.17, 15) is 14.4 Å². The van der Waals surface area contributed by atoms with Crippen LogP contribution in [0, 0.1) is 0 Å². The number of ether oxygens (including phenoxy) is 1. The van der Waals surface area contributed by atoms with Crippen LogP contribution < -0.4 is 0 Å². The zero-order chi connectivity index (χ0) is 14.5. The molecule has 2 rings (SSSR count). The molecule has 4 nitrogen and oxygen atoms in total. The number of esters is 1. The van der Waals surface area contributed by atoms with E-state index >= 15 is 0 Å². The van der Waals surface area contributed by atoms with Gasteiger partial charge >= 0.3 is 5.97 Å². The van der Waals surface area contributed by atoms with Crippen molar-refractivity contribution < 1.29 is 19.1 Å². The molecule has 4 heteroatoms. The van der Waals surface area contributed by atoms with Crippen molar-refractivity contribution in [2.24, 2.45) is 0 Å². The van der Waals surface area contributed by atoms with Crippen molar-refractivity contribution in [1.82, 2.24) is 0 Å². The topological polar surface area (TPSA) is 60.4 Å². The smallest absolute Gasteiger partial charge is 0.335 e. The number of allylic oxidation sites excluding steroid dienone is 4. The number of hydrogen-bond donors (Lipinski definition) is 0. The van der Waals surface area contributed by atoms with Crippen molar-refractivity contribution in [1.29, 1.82) is 0 Å². The number of ketones is 2. The third-order valence-electron chi connectivity index (χ3n) is 2.74. The van der Waals surface area contributed by atoms with E-state index in [4.69, 9.17) is 4.74 Å². The van der Waals surface area contributed by atoms with E-state index in [0.29, 0.717) is 5.56 Å². The first-order chi connectivity index (χ1) is 9.61. The second kappa shape index (κ2) is 5.93. The van der Waals surface area contributed by atoms with Crippen LogP contribution in [0.3, 0.4) is 0 Å². The minimum atomic E-state index is -0.693. The largest absolute Gasteiger partial charge is 0.427 e. The Balaban J connectivity index is 2.38. The van der Waals surface area contributed by atoms with E-state index in [-0.39, 0.29) is 29.3 Å². The Labute approximate surface area is 116 Å². The molecule has 20 heavy (non-hydrogen) atoms. The van der Waals surface area contributed by atoms with E-state index < -0.39 is 5.97 Å². The van der Waals surface area contributed by atoms with Crippen molar-refractivity contribution >= 4 is 17.5 Å². The molecule has 0 heterocycles. The third kappa shape index (κ3) is 2.98. The summed E-state index contributed by atoms with van der Waals surface area (Å²) < 4.78 is 5.00. The second-order valence-corrected chi connectivity index (χ2v) is 4.13. The van der Waals surface area contributed by atoms with Crippen molar-refractivity contribution in [2.45, 2.75) is 6.42 Å². The van der Waals surface area contributed by atoms with E-state index in [1.807, 2.05) is 0 Å². The molecule has 0 saturated heterocycles. The van der Waals surface area contributed by atoms with Gasteiger partial charge in [0.05, 0.1) is 12.0 Å². The summed E-state index contributed by atoms with van der Waals surface area (Å²) in [4.78, 5) is 35.0. The Morgan fingerprint density at radius 1 is 1.15 bits per heavy atom. The molecular weight excluding hydrogens is 256 g/mol. The quantitative estimate of drug-likeness (QED) is 0.478. The first-order valence-electron chi connectivity index (χ1n) is 6.00. The van der Waals surface area contributed by atoms with Gasteiger partial charge in [-0.3, -0.25) is 9.59 Å². The first-order valence-corrected chi connectivity index (χ1v) is 6.00. The fourth-order valence-electron chi connectivity index (χ4n) is 1.78. The maximum Gasteiger partial charge on any atom is 0.335 e. The van der Waals surface area contributed by atoms with E-state index in [2.05, 4.69) is 6.58 Å². The van der Waals surface area contributed by atoms with Gasteiger partial charge in [-0.05, 0) is 12.2 Å². The van der Waals surface area contributed by atoms with Gasteiger partial charge in [-0.1, -0.05) is 36.9 Å². The van der Waals surface area contributed by atoms with Gasteiger partial charge in [0, 0.05) is 11.6 Å². The number of hydrogen-bond acceptors (Lipinski definition) is 4. The van der Waals surface area contributed by atoms with E-state index in [1.165, 1.54) is 12.2 Å². The number of carbonyl (C=O) groups is 3. The maximum atomic E-state index is 12.3. The van der Waals surface area contributed by atoms with Gasteiger partial charge < -0.3 is 4.74 Å². The van der Waals surface area contributed by atoms with Gasteiger partial charge in [0.2, 0.25) is 0 Å². The van der Waals surface area contributed by atoms with Gasteiger partial charge in [0.25, 0.3) is 0 Å². The fourth-order valence-corrected chi connectivity index (χ4v) is 1.78. The zero-order valence-electron chi connectivity index (χ0n) is 10.7. The van der Waals surface area contributed by atoms with Crippen LogP contribution in [0.2, 0.25) is 0 Å². The van der Waals surface area contributed by atoms with Gasteiger partial charge in [-0.15, -0.1) is 0 Å². The molecule has 0 atom stereocenters. The molecule has 0 bridgehead atoms. The molecule has 100 valence electrons. The van der Waals surface area contributed by atoms with Gasteiger partial charge in [-0.25, -0.2) is 4.79 Å². The molecule has 0 N–H and O–H groups in total. The molecule has 0 aliphatic heterocycles. The monoisotopic (exact) mass is 268 g/mol. The predicted molar refractivity (Wildman–Crippen MR) is 72.9 cm³/mol. The molecule has 0 radical (unpaired) electrons. The van der Waals surface area contributed by atoms with Gasteiger partial charge in [-0.2, -0.15) is 0 Å². The lowest BCUT2D eigenvalue weighted by Crippen LogP contribution is -2.15. The second-order valence-electron chi connectivity index (χ2n) is 4.13. The lowest BCUT2D eigenvalue weighted by Gasteiger charge is -2.13. The molecule has 1 aliphatic rings. The standard InChI is InChI=1S/C16H12O4/c1-2-15(18)20-14-10-12(17)8-9-13(14)16(19)11-6-4-3-5-7-11/h2-9H,1,10H2. The Bertz CT molecular complexity index is 636. The molecule has 1 aromatic rings. The lowest BCUT2D eigenvalue weighted by atomic mass is 9.96. The highest BCUT2D eigenvalue weighted by Gasteiger charge is 2.23. The van der Waals surface area contributed by atoms with Crippen LogP contribution in [0.1, 0.15) is 16.8 Å². The minimum Gasteiger partial charge on any atom is -0.427 e. The first kappa shape index (κ1) is 13.7. The molecule has 0 amide bonds. The van der Waals surface area contributed by atoms with Crippen LogP contribution >= 0.6 is 0 Å². The van der Waals surface area contributed by atoms with Crippen LogP contribution in [0.5, 0.6) is 0 Å². The zero-order valence-corrected chi connectivity index (χ0v) is 10.7. The highest BCUT2D eigenvalue weighted by Crippen LogP contribution is 2.22. The average Bonchev–Trinajstić information content (AvgIpc) is 2.47. The van der Waals surface area contributed by atoms with Crippen molar-refractivity contribution in [3.8, 4) is 0 Å². The SMILES string of the molecule is C=CC(=O)OC1=C(C(=O)c2ccccc2)C=CC(=O)C1. The predicted octanol–water partition coefficient (Wildman–Crippen LogP) is 2.38. The molecule has 1 aliphatic carbocycles. The number of carbonyl (C=O) groups excluding carboxylic acids is 3. The lowest BCUT2D eigenvalue weighted by molar-refractivity contribution is -0.134. The summed E-state index contributed by atoms with van der Waals surface area (Å²) >= 11 is 0. The summed E-state index contributed by atoms with van der Waals surface area (Å²) in [5.74, 6) is -1.14. The van der Waals surface area contributed by atoms with E-state index in [0.717, 1.165) is 6.08 Å². The summed E-state index contributed by atoms with van der Waals surface area (Å²) in [6.45, 7) is 3.29. The molecule has 0 spiro atoms. The summed E-state index contributed by atoms with van der Waals surface area (Å²) in [5, 5.41) is 0. The van der Waals surface area contributed by atoms with Crippen molar-refractivity contribution in [2.75, 3.05) is 0 Å². The molecule has 1 aromatic carbocycles. The Hall–Kier alpha value is -2.75. The Morgan fingerprint density at radius 3 is 2.50 bits per heavy atom. The highest BCUT2D eigenvalue weighted by molar-refractivity contribution is 6.13.